The number of rotatable bonds is 2. The van der Waals surface area contributed by atoms with Crippen molar-refractivity contribution in [3.63, 3.8) is 0 Å². The lowest BCUT2D eigenvalue weighted by Gasteiger charge is -1.95. The van der Waals surface area contributed by atoms with Gasteiger partial charge in [-0.05, 0) is 29.8 Å². The van der Waals surface area contributed by atoms with Gasteiger partial charge < -0.3 is 4.98 Å². The van der Waals surface area contributed by atoms with Crippen LogP contribution in [-0.2, 0) is 0 Å². The summed E-state index contributed by atoms with van der Waals surface area (Å²) in [4.78, 5) is 5.82. The molecule has 0 unspecified atom stereocenters. The van der Waals surface area contributed by atoms with Crippen LogP contribution < -0.4 is 0 Å². The Balaban J connectivity index is 2.00. The van der Waals surface area contributed by atoms with Gasteiger partial charge in [-0.3, -0.25) is 0 Å². The van der Waals surface area contributed by atoms with Crippen LogP contribution in [0.1, 0.15) is 0 Å². The molecule has 0 fully saturated rings. The molecule has 1 nitrogen and oxygen atoms in total. The molecular formula is C14H11NS. The van der Waals surface area contributed by atoms with E-state index in [4.69, 9.17) is 0 Å². The first kappa shape index (κ1) is 9.43. The van der Waals surface area contributed by atoms with Gasteiger partial charge in [0, 0.05) is 11.1 Å². The lowest BCUT2D eigenvalue weighted by molar-refractivity contribution is 1.42. The number of aromatic nitrogens is 1. The second-order valence-electron chi connectivity index (χ2n) is 3.61. The lowest BCUT2D eigenvalue weighted by atomic mass is 10.2. The zero-order valence-corrected chi connectivity index (χ0v) is 9.50. The maximum Gasteiger partial charge on any atom is 0.0555 e. The second kappa shape index (κ2) is 3.99. The molecule has 3 aromatic rings. The highest BCUT2D eigenvalue weighted by Crippen LogP contribution is 2.33. The summed E-state index contributed by atoms with van der Waals surface area (Å²) in [6.45, 7) is 0. The van der Waals surface area contributed by atoms with E-state index in [0.29, 0.717) is 0 Å². The molecule has 1 aromatic carbocycles. The number of aromatic amines is 1. The Morgan fingerprint density at radius 2 is 1.56 bits per heavy atom. The fourth-order valence-corrected chi connectivity index (χ4v) is 2.72. The number of benzene rings is 1. The van der Waals surface area contributed by atoms with E-state index in [1.165, 1.54) is 21.0 Å². The first-order chi connectivity index (χ1) is 7.93. The molecule has 0 bridgehead atoms. The van der Waals surface area contributed by atoms with Crippen LogP contribution in [0.15, 0.2) is 60.8 Å². The van der Waals surface area contributed by atoms with Crippen molar-refractivity contribution in [1.29, 1.82) is 0 Å². The Kier molecular flexibility index (Phi) is 2.35. The maximum absolute atomic E-state index is 3.23. The summed E-state index contributed by atoms with van der Waals surface area (Å²) in [6, 6.07) is 18.9. The molecule has 0 aliphatic rings. The van der Waals surface area contributed by atoms with Crippen LogP contribution in [0.5, 0.6) is 0 Å². The van der Waals surface area contributed by atoms with Crippen molar-refractivity contribution in [3.8, 4) is 21.0 Å². The molecule has 2 heterocycles. The fraction of sp³-hybridized carbons (Fsp3) is 0. The van der Waals surface area contributed by atoms with Crippen molar-refractivity contribution in [2.24, 2.45) is 0 Å². The minimum absolute atomic E-state index is 1.19. The highest BCUT2D eigenvalue weighted by Gasteiger charge is 2.04. The molecule has 16 heavy (non-hydrogen) atoms. The van der Waals surface area contributed by atoms with Gasteiger partial charge in [-0.1, -0.05) is 30.3 Å². The van der Waals surface area contributed by atoms with Crippen LogP contribution in [0.4, 0.5) is 0 Å². The topological polar surface area (TPSA) is 15.8 Å². The monoisotopic (exact) mass is 225 g/mol. The van der Waals surface area contributed by atoms with E-state index in [2.05, 4.69) is 47.4 Å². The summed E-state index contributed by atoms with van der Waals surface area (Å²) in [7, 11) is 0. The maximum atomic E-state index is 3.23. The number of H-pyrrole nitrogens is 1. The first-order valence-electron chi connectivity index (χ1n) is 5.22. The number of thiophene rings is 1. The molecule has 1 N–H and O–H groups in total. The molecule has 0 aliphatic carbocycles. The number of hydrogen-bond donors (Lipinski definition) is 1. The summed E-state index contributed by atoms with van der Waals surface area (Å²) >= 11 is 1.81. The van der Waals surface area contributed by atoms with E-state index >= 15 is 0 Å². The van der Waals surface area contributed by atoms with Gasteiger partial charge in [-0.15, -0.1) is 11.3 Å². The largest absolute Gasteiger partial charge is 0.361 e. The normalized spacial score (nSPS) is 10.5. The van der Waals surface area contributed by atoms with E-state index in [0.717, 1.165) is 0 Å². The van der Waals surface area contributed by atoms with E-state index in [9.17, 15) is 0 Å². The van der Waals surface area contributed by atoms with E-state index in [-0.39, 0.29) is 0 Å². The molecule has 0 radical (unpaired) electrons. The van der Waals surface area contributed by atoms with Crippen LogP contribution in [0.2, 0.25) is 0 Å². The van der Waals surface area contributed by atoms with Crippen molar-refractivity contribution >= 4 is 11.3 Å². The van der Waals surface area contributed by atoms with E-state index in [1.54, 1.807) is 0 Å². The van der Waals surface area contributed by atoms with Crippen LogP contribution in [0.3, 0.4) is 0 Å². The van der Waals surface area contributed by atoms with Gasteiger partial charge in [0.05, 0.1) is 10.6 Å². The quantitative estimate of drug-likeness (QED) is 0.665. The minimum atomic E-state index is 1.19. The van der Waals surface area contributed by atoms with Gasteiger partial charge in [0.1, 0.15) is 0 Å². The smallest absolute Gasteiger partial charge is 0.0555 e. The summed E-state index contributed by atoms with van der Waals surface area (Å²) in [5.74, 6) is 0. The molecule has 78 valence electrons. The zero-order chi connectivity index (χ0) is 10.8. The van der Waals surface area contributed by atoms with Crippen LogP contribution in [0, 0.1) is 0 Å². The van der Waals surface area contributed by atoms with Crippen molar-refractivity contribution in [2.75, 3.05) is 0 Å². The average Bonchev–Trinajstić information content (AvgIpc) is 3.01. The molecule has 2 aromatic heterocycles. The van der Waals surface area contributed by atoms with Crippen molar-refractivity contribution in [2.45, 2.75) is 0 Å². The Labute approximate surface area is 98.4 Å². The van der Waals surface area contributed by atoms with Gasteiger partial charge >= 0.3 is 0 Å². The van der Waals surface area contributed by atoms with Crippen molar-refractivity contribution in [3.05, 3.63) is 60.8 Å². The van der Waals surface area contributed by atoms with Crippen LogP contribution >= 0.6 is 11.3 Å². The molecule has 0 amide bonds. The summed E-state index contributed by atoms with van der Waals surface area (Å²) in [5.41, 5.74) is 2.47. The fourth-order valence-electron chi connectivity index (χ4n) is 1.72. The van der Waals surface area contributed by atoms with Crippen LogP contribution in [0.25, 0.3) is 21.0 Å². The Morgan fingerprint density at radius 3 is 2.31 bits per heavy atom. The van der Waals surface area contributed by atoms with Gasteiger partial charge in [0.15, 0.2) is 0 Å². The molecule has 2 heteroatoms. The first-order valence-corrected chi connectivity index (χ1v) is 6.04. The molecule has 0 saturated heterocycles. The highest BCUT2D eigenvalue weighted by atomic mass is 32.1. The number of hydrogen-bond acceptors (Lipinski definition) is 1. The Hall–Kier alpha value is -1.80. The predicted octanol–water partition coefficient (Wildman–Crippen LogP) is 4.41. The van der Waals surface area contributed by atoms with Gasteiger partial charge in [-0.2, -0.15) is 0 Å². The Bertz CT molecular complexity index is 564. The standard InChI is InChI=1S/C14H11NS/c1-2-5-11(6-3-1)13-8-9-14(16-13)12-7-4-10-15-12/h1-10,15H. The SMILES string of the molecule is c1ccc(-c2ccc(-c3ccc[nH]3)s2)cc1. The summed E-state index contributed by atoms with van der Waals surface area (Å²) < 4.78 is 0. The number of nitrogens with one attached hydrogen (secondary N) is 1. The average molecular weight is 225 g/mol. The second-order valence-corrected chi connectivity index (χ2v) is 4.70. The van der Waals surface area contributed by atoms with E-state index in [1.807, 2.05) is 29.7 Å². The molecule has 0 saturated carbocycles. The molecular weight excluding hydrogens is 214 g/mol. The third-order valence-electron chi connectivity index (χ3n) is 2.53. The van der Waals surface area contributed by atoms with Gasteiger partial charge in [0.2, 0.25) is 0 Å². The van der Waals surface area contributed by atoms with Gasteiger partial charge in [0.25, 0.3) is 0 Å². The van der Waals surface area contributed by atoms with Crippen molar-refractivity contribution < 1.29 is 0 Å². The van der Waals surface area contributed by atoms with E-state index < -0.39 is 0 Å². The third-order valence-corrected chi connectivity index (χ3v) is 3.70. The minimum Gasteiger partial charge on any atom is -0.361 e. The zero-order valence-electron chi connectivity index (χ0n) is 8.68. The third kappa shape index (κ3) is 1.68. The lowest BCUT2D eigenvalue weighted by Crippen LogP contribution is -1.68. The molecule has 0 atom stereocenters. The molecule has 0 spiro atoms. The highest BCUT2D eigenvalue weighted by molar-refractivity contribution is 7.18. The predicted molar refractivity (Wildman–Crippen MR) is 69.5 cm³/mol. The van der Waals surface area contributed by atoms with Crippen molar-refractivity contribution in [1.82, 2.24) is 4.98 Å². The molecule has 3 rings (SSSR count). The van der Waals surface area contributed by atoms with Crippen LogP contribution in [-0.4, -0.2) is 4.98 Å². The molecule has 0 aliphatic heterocycles. The Morgan fingerprint density at radius 1 is 0.750 bits per heavy atom. The summed E-state index contributed by atoms with van der Waals surface area (Å²) in [6.07, 6.45) is 1.96. The van der Waals surface area contributed by atoms with Gasteiger partial charge in [-0.25, -0.2) is 0 Å². The summed E-state index contributed by atoms with van der Waals surface area (Å²) in [5, 5.41) is 0.